The van der Waals surface area contributed by atoms with Gasteiger partial charge >= 0.3 is 5.97 Å². The summed E-state index contributed by atoms with van der Waals surface area (Å²) in [4.78, 5) is 13.7. The first kappa shape index (κ1) is 13.1. The maximum absolute atomic E-state index is 11.3. The Morgan fingerprint density at radius 1 is 1.44 bits per heavy atom. The molecule has 0 saturated carbocycles. The number of carbonyl (C=O) groups excluding carboxylic acids is 1. The van der Waals surface area contributed by atoms with Crippen LogP contribution in [0.15, 0.2) is 24.3 Å². The third-order valence-electron chi connectivity index (χ3n) is 3.40. The van der Waals surface area contributed by atoms with Crippen LogP contribution in [-0.2, 0) is 11.2 Å². The van der Waals surface area contributed by atoms with E-state index >= 15 is 0 Å². The molecule has 1 unspecified atom stereocenters. The van der Waals surface area contributed by atoms with Crippen molar-refractivity contribution < 1.29 is 9.53 Å². The Balaban J connectivity index is 1.85. The molecule has 18 heavy (non-hydrogen) atoms. The first-order valence-corrected chi connectivity index (χ1v) is 6.34. The van der Waals surface area contributed by atoms with Crippen molar-refractivity contribution >= 4 is 5.97 Å². The smallest absolute Gasteiger partial charge is 0.337 e. The summed E-state index contributed by atoms with van der Waals surface area (Å²) in [6.45, 7) is 3.13. The molecule has 4 nitrogen and oxygen atoms in total. The lowest BCUT2D eigenvalue weighted by atomic mass is 10.1. The summed E-state index contributed by atoms with van der Waals surface area (Å²) in [5, 5.41) is 0. The molecule has 0 bridgehead atoms. The minimum absolute atomic E-state index is 0.285. The van der Waals surface area contributed by atoms with Crippen molar-refractivity contribution in [2.24, 2.45) is 5.73 Å². The number of likely N-dealkylation sites (tertiary alicyclic amines) is 1. The van der Waals surface area contributed by atoms with Crippen LogP contribution in [0.2, 0.25) is 0 Å². The second-order valence-electron chi connectivity index (χ2n) is 4.79. The van der Waals surface area contributed by atoms with Gasteiger partial charge in [0.2, 0.25) is 0 Å². The zero-order valence-electron chi connectivity index (χ0n) is 10.8. The molecular formula is C14H20N2O2. The van der Waals surface area contributed by atoms with Gasteiger partial charge in [0.1, 0.15) is 0 Å². The lowest BCUT2D eigenvalue weighted by Gasteiger charge is -2.14. The van der Waals surface area contributed by atoms with Gasteiger partial charge in [0.05, 0.1) is 12.7 Å². The third-order valence-corrected chi connectivity index (χ3v) is 3.40. The van der Waals surface area contributed by atoms with Gasteiger partial charge in [0.25, 0.3) is 0 Å². The minimum Gasteiger partial charge on any atom is -0.465 e. The van der Waals surface area contributed by atoms with Gasteiger partial charge in [0, 0.05) is 19.1 Å². The molecule has 1 aliphatic heterocycles. The number of benzene rings is 1. The number of hydrogen-bond acceptors (Lipinski definition) is 4. The summed E-state index contributed by atoms with van der Waals surface area (Å²) in [5.74, 6) is -0.285. The van der Waals surface area contributed by atoms with E-state index in [-0.39, 0.29) is 5.97 Å². The third kappa shape index (κ3) is 3.31. The number of hydrogen-bond donors (Lipinski definition) is 1. The highest BCUT2D eigenvalue weighted by Crippen LogP contribution is 2.10. The van der Waals surface area contributed by atoms with E-state index in [1.807, 2.05) is 24.3 Å². The standard InChI is InChI=1S/C14H20N2O2/c1-18-14(17)12-4-2-11(3-5-12)6-8-16-9-7-13(15)10-16/h2-5,13H,6-10,15H2,1H3. The molecule has 1 saturated heterocycles. The molecule has 1 fully saturated rings. The summed E-state index contributed by atoms with van der Waals surface area (Å²) in [7, 11) is 1.40. The summed E-state index contributed by atoms with van der Waals surface area (Å²) in [6.07, 6.45) is 2.09. The molecule has 1 heterocycles. The van der Waals surface area contributed by atoms with Crippen molar-refractivity contribution in [3.8, 4) is 0 Å². The monoisotopic (exact) mass is 248 g/mol. The van der Waals surface area contributed by atoms with Crippen LogP contribution in [-0.4, -0.2) is 43.7 Å². The van der Waals surface area contributed by atoms with Crippen molar-refractivity contribution in [2.75, 3.05) is 26.7 Å². The van der Waals surface area contributed by atoms with Crippen LogP contribution in [0.5, 0.6) is 0 Å². The van der Waals surface area contributed by atoms with Gasteiger partial charge < -0.3 is 15.4 Å². The summed E-state index contributed by atoms with van der Waals surface area (Å²) in [6, 6.07) is 7.95. The zero-order chi connectivity index (χ0) is 13.0. The van der Waals surface area contributed by atoms with Crippen LogP contribution in [0.1, 0.15) is 22.3 Å². The number of nitrogens with zero attached hydrogens (tertiary/aromatic N) is 1. The molecule has 0 radical (unpaired) electrons. The van der Waals surface area contributed by atoms with E-state index in [0.717, 1.165) is 32.5 Å². The summed E-state index contributed by atoms with van der Waals surface area (Å²) < 4.78 is 4.67. The van der Waals surface area contributed by atoms with Gasteiger partial charge in [-0.25, -0.2) is 4.79 Å². The largest absolute Gasteiger partial charge is 0.465 e. The molecule has 1 aromatic rings. The molecule has 0 aromatic heterocycles. The van der Waals surface area contributed by atoms with Crippen molar-refractivity contribution in [1.82, 2.24) is 4.90 Å². The van der Waals surface area contributed by atoms with E-state index in [4.69, 9.17) is 5.73 Å². The van der Waals surface area contributed by atoms with Crippen molar-refractivity contribution in [2.45, 2.75) is 18.9 Å². The molecule has 1 aliphatic rings. The fraction of sp³-hybridized carbons (Fsp3) is 0.500. The molecule has 2 rings (SSSR count). The normalized spacial score (nSPS) is 20.0. The first-order chi connectivity index (χ1) is 8.69. The Morgan fingerprint density at radius 2 is 2.17 bits per heavy atom. The highest BCUT2D eigenvalue weighted by molar-refractivity contribution is 5.89. The van der Waals surface area contributed by atoms with Gasteiger partial charge in [-0.1, -0.05) is 12.1 Å². The van der Waals surface area contributed by atoms with Crippen LogP contribution in [0, 0.1) is 0 Å². The van der Waals surface area contributed by atoms with E-state index in [1.165, 1.54) is 12.7 Å². The average molecular weight is 248 g/mol. The summed E-state index contributed by atoms with van der Waals surface area (Å²) in [5.41, 5.74) is 7.71. The molecule has 1 aromatic carbocycles. The molecule has 0 aliphatic carbocycles. The van der Waals surface area contributed by atoms with Crippen LogP contribution < -0.4 is 5.73 Å². The average Bonchev–Trinajstić information content (AvgIpc) is 2.82. The molecule has 98 valence electrons. The fourth-order valence-electron chi connectivity index (χ4n) is 2.28. The van der Waals surface area contributed by atoms with Gasteiger partial charge in [-0.2, -0.15) is 0 Å². The maximum atomic E-state index is 11.3. The lowest BCUT2D eigenvalue weighted by molar-refractivity contribution is 0.0600. The maximum Gasteiger partial charge on any atom is 0.337 e. The van der Waals surface area contributed by atoms with E-state index in [9.17, 15) is 4.79 Å². The van der Waals surface area contributed by atoms with Crippen molar-refractivity contribution in [3.05, 3.63) is 35.4 Å². The van der Waals surface area contributed by atoms with Gasteiger partial charge in [0.15, 0.2) is 0 Å². The topological polar surface area (TPSA) is 55.6 Å². The number of rotatable bonds is 4. The lowest BCUT2D eigenvalue weighted by Crippen LogP contribution is -2.28. The number of methoxy groups -OCH3 is 1. The zero-order valence-corrected chi connectivity index (χ0v) is 10.8. The SMILES string of the molecule is COC(=O)c1ccc(CCN2CCC(N)C2)cc1. The molecule has 0 amide bonds. The Morgan fingerprint density at radius 3 is 2.72 bits per heavy atom. The highest BCUT2D eigenvalue weighted by Gasteiger charge is 2.18. The van der Waals surface area contributed by atoms with E-state index < -0.39 is 0 Å². The molecular weight excluding hydrogens is 228 g/mol. The summed E-state index contributed by atoms with van der Waals surface area (Å²) >= 11 is 0. The van der Waals surface area contributed by atoms with E-state index in [0.29, 0.717) is 11.6 Å². The molecule has 2 N–H and O–H groups in total. The van der Waals surface area contributed by atoms with Gasteiger partial charge in [-0.3, -0.25) is 0 Å². The Hall–Kier alpha value is -1.39. The second-order valence-corrected chi connectivity index (χ2v) is 4.79. The quantitative estimate of drug-likeness (QED) is 0.809. The Bertz CT molecular complexity index is 403. The number of esters is 1. The first-order valence-electron chi connectivity index (χ1n) is 6.34. The van der Waals surface area contributed by atoms with Crippen LogP contribution in [0.25, 0.3) is 0 Å². The second kappa shape index (κ2) is 5.98. The molecule has 1 atom stereocenters. The number of carbonyl (C=O) groups is 1. The molecule has 4 heteroatoms. The van der Waals surface area contributed by atoms with E-state index in [1.54, 1.807) is 0 Å². The fourth-order valence-corrected chi connectivity index (χ4v) is 2.28. The van der Waals surface area contributed by atoms with Crippen molar-refractivity contribution in [1.29, 1.82) is 0 Å². The Kier molecular flexibility index (Phi) is 4.33. The van der Waals surface area contributed by atoms with Gasteiger partial charge in [-0.15, -0.1) is 0 Å². The molecule has 0 spiro atoms. The number of ether oxygens (including phenoxy) is 1. The van der Waals surface area contributed by atoms with Crippen LogP contribution in [0.4, 0.5) is 0 Å². The van der Waals surface area contributed by atoms with Crippen molar-refractivity contribution in [3.63, 3.8) is 0 Å². The number of nitrogens with two attached hydrogens (primary N) is 1. The predicted molar refractivity (Wildman–Crippen MR) is 70.5 cm³/mol. The van der Waals surface area contributed by atoms with Crippen LogP contribution >= 0.6 is 0 Å². The van der Waals surface area contributed by atoms with Gasteiger partial charge in [-0.05, 0) is 37.1 Å². The minimum atomic E-state index is -0.285. The predicted octanol–water partition coefficient (Wildman–Crippen LogP) is 1.05. The van der Waals surface area contributed by atoms with E-state index in [2.05, 4.69) is 9.64 Å². The van der Waals surface area contributed by atoms with Crippen LogP contribution in [0.3, 0.4) is 0 Å². The highest BCUT2D eigenvalue weighted by atomic mass is 16.5. The Labute approximate surface area is 108 Å².